The van der Waals surface area contributed by atoms with Crippen LogP contribution in [0.15, 0.2) is 18.2 Å². The quantitative estimate of drug-likeness (QED) is 0.669. The van der Waals surface area contributed by atoms with Gasteiger partial charge in [-0.2, -0.15) is 0 Å². The number of ether oxygens (including phenoxy) is 1. The molecule has 5 rings (SSSR count). The van der Waals surface area contributed by atoms with E-state index in [-0.39, 0.29) is 24.1 Å². The van der Waals surface area contributed by atoms with Crippen LogP contribution in [0.1, 0.15) is 60.0 Å². The molecule has 2 N–H and O–H groups in total. The monoisotopic (exact) mass is 440 g/mol. The molecule has 3 saturated heterocycles. The van der Waals surface area contributed by atoms with Gasteiger partial charge < -0.3 is 15.0 Å². The Morgan fingerprint density at radius 3 is 2.50 bits per heavy atom. The van der Waals surface area contributed by atoms with Gasteiger partial charge in [0, 0.05) is 50.4 Å². The summed E-state index contributed by atoms with van der Waals surface area (Å²) in [5, 5.41) is 5.85. The van der Waals surface area contributed by atoms with E-state index in [4.69, 9.17) is 4.74 Å². The Morgan fingerprint density at radius 2 is 1.75 bits per heavy atom. The number of fused-ring (bicyclic) bond motifs is 1. The molecule has 1 unspecified atom stereocenters. The number of nitrogens with one attached hydrogen (secondary N) is 2. The second-order valence-electron chi connectivity index (χ2n) is 9.35. The third-order valence-electron chi connectivity index (χ3n) is 7.43. The topological polar surface area (TPSA) is 91.0 Å². The van der Waals surface area contributed by atoms with Crippen LogP contribution in [0.2, 0.25) is 0 Å². The van der Waals surface area contributed by atoms with Crippen LogP contribution in [0.4, 0.5) is 0 Å². The smallest absolute Gasteiger partial charge is 0.255 e. The van der Waals surface area contributed by atoms with Crippen LogP contribution >= 0.6 is 0 Å². The van der Waals surface area contributed by atoms with Crippen LogP contribution in [0.3, 0.4) is 0 Å². The fraction of sp³-hybridized carbons (Fsp3) is 0.625. The molecule has 172 valence electrons. The molecule has 4 aliphatic rings. The van der Waals surface area contributed by atoms with Gasteiger partial charge in [-0.05, 0) is 56.3 Å². The minimum absolute atomic E-state index is 0.0812. The molecule has 8 nitrogen and oxygen atoms in total. The summed E-state index contributed by atoms with van der Waals surface area (Å²) in [6, 6.07) is 6.48. The van der Waals surface area contributed by atoms with Crippen LogP contribution < -0.4 is 10.6 Å². The van der Waals surface area contributed by atoms with Gasteiger partial charge in [0.15, 0.2) is 0 Å². The van der Waals surface area contributed by atoms with Gasteiger partial charge >= 0.3 is 0 Å². The molecule has 32 heavy (non-hydrogen) atoms. The lowest BCUT2D eigenvalue weighted by atomic mass is 9.95. The van der Waals surface area contributed by atoms with Crippen molar-refractivity contribution < 1.29 is 19.1 Å². The van der Waals surface area contributed by atoms with E-state index >= 15 is 0 Å². The zero-order chi connectivity index (χ0) is 22.1. The zero-order valence-electron chi connectivity index (χ0n) is 18.5. The largest absolute Gasteiger partial charge is 0.381 e. The lowest BCUT2D eigenvalue weighted by molar-refractivity contribution is -0.136. The highest BCUT2D eigenvalue weighted by Crippen LogP contribution is 2.32. The summed E-state index contributed by atoms with van der Waals surface area (Å²) in [5.74, 6) is -0.699. The Balaban J connectivity index is 1.39. The van der Waals surface area contributed by atoms with Crippen LogP contribution in [-0.2, 0) is 27.4 Å². The van der Waals surface area contributed by atoms with Crippen LogP contribution in [0.25, 0.3) is 0 Å². The fourth-order valence-electron chi connectivity index (χ4n) is 5.73. The van der Waals surface area contributed by atoms with E-state index < -0.39 is 6.04 Å². The molecule has 0 aliphatic carbocycles. The highest BCUT2D eigenvalue weighted by molar-refractivity contribution is 6.06. The van der Waals surface area contributed by atoms with Crippen LogP contribution in [0.5, 0.6) is 0 Å². The van der Waals surface area contributed by atoms with Crippen molar-refractivity contribution in [1.82, 2.24) is 20.4 Å². The zero-order valence-corrected chi connectivity index (χ0v) is 18.5. The maximum atomic E-state index is 13.5. The maximum absolute atomic E-state index is 13.5. The number of amides is 3. The Morgan fingerprint density at radius 1 is 1.00 bits per heavy atom. The molecule has 4 aliphatic heterocycles. The second-order valence-corrected chi connectivity index (χ2v) is 9.35. The number of hydrogen-bond donors (Lipinski definition) is 2. The molecule has 0 aromatic heterocycles. The lowest BCUT2D eigenvalue weighted by Gasteiger charge is -2.42. The molecule has 0 bridgehead atoms. The van der Waals surface area contributed by atoms with E-state index in [1.807, 2.05) is 12.1 Å². The van der Waals surface area contributed by atoms with Crippen molar-refractivity contribution in [3.63, 3.8) is 0 Å². The average Bonchev–Trinajstić information content (AvgIpc) is 3.15. The highest BCUT2D eigenvalue weighted by Gasteiger charge is 2.40. The van der Waals surface area contributed by atoms with E-state index in [0.717, 1.165) is 75.2 Å². The molecular weight excluding hydrogens is 408 g/mol. The van der Waals surface area contributed by atoms with Gasteiger partial charge in [0.25, 0.3) is 5.91 Å². The van der Waals surface area contributed by atoms with Gasteiger partial charge in [-0.3, -0.25) is 24.6 Å². The molecule has 1 atom stereocenters. The Kier molecular flexibility index (Phi) is 6.26. The Labute approximate surface area is 188 Å². The number of carbonyl (C=O) groups excluding carboxylic acids is 3. The normalized spacial score (nSPS) is 25.3. The molecule has 1 aromatic carbocycles. The first-order chi connectivity index (χ1) is 15.6. The SMILES string of the molecule is O=C1CCC(N2Cc3cccc(CN(C4CCNCC4)C4CCOCC4)c3C2=O)C(=O)N1. The predicted octanol–water partition coefficient (Wildman–Crippen LogP) is 1.18. The number of piperidine rings is 2. The summed E-state index contributed by atoms with van der Waals surface area (Å²) in [7, 11) is 0. The maximum Gasteiger partial charge on any atom is 0.255 e. The first kappa shape index (κ1) is 21.6. The minimum atomic E-state index is -0.573. The molecule has 1 aromatic rings. The van der Waals surface area contributed by atoms with Gasteiger partial charge in [-0.25, -0.2) is 0 Å². The van der Waals surface area contributed by atoms with E-state index in [0.29, 0.717) is 25.0 Å². The third-order valence-corrected chi connectivity index (χ3v) is 7.43. The summed E-state index contributed by atoms with van der Waals surface area (Å²) >= 11 is 0. The highest BCUT2D eigenvalue weighted by atomic mass is 16.5. The molecule has 0 spiro atoms. The molecule has 0 radical (unpaired) electrons. The van der Waals surface area contributed by atoms with Gasteiger partial charge in [-0.1, -0.05) is 18.2 Å². The number of nitrogens with zero attached hydrogens (tertiary/aromatic N) is 2. The van der Waals surface area contributed by atoms with Gasteiger partial charge in [-0.15, -0.1) is 0 Å². The lowest BCUT2D eigenvalue weighted by Crippen LogP contribution is -2.52. The average molecular weight is 441 g/mol. The number of carbonyl (C=O) groups is 3. The first-order valence-corrected chi connectivity index (χ1v) is 11.9. The summed E-state index contributed by atoms with van der Waals surface area (Å²) in [5.41, 5.74) is 2.78. The molecule has 4 heterocycles. The minimum Gasteiger partial charge on any atom is -0.381 e. The van der Waals surface area contributed by atoms with Gasteiger partial charge in [0.2, 0.25) is 11.8 Å². The first-order valence-electron chi connectivity index (χ1n) is 11.9. The summed E-state index contributed by atoms with van der Waals surface area (Å²) in [6.45, 7) is 4.81. The number of rotatable bonds is 5. The van der Waals surface area contributed by atoms with Gasteiger partial charge in [0.05, 0.1) is 0 Å². The summed E-state index contributed by atoms with van der Waals surface area (Å²) < 4.78 is 5.62. The molecular formula is C24H32N4O4. The van der Waals surface area contributed by atoms with Crippen molar-refractivity contribution in [3.8, 4) is 0 Å². The third kappa shape index (κ3) is 4.19. The Bertz CT molecular complexity index is 874. The molecule has 8 heteroatoms. The Hall–Kier alpha value is -2.29. The molecule has 3 amide bonds. The number of hydrogen-bond acceptors (Lipinski definition) is 6. The molecule has 3 fully saturated rings. The van der Waals surface area contributed by atoms with E-state index in [1.54, 1.807) is 4.90 Å². The second kappa shape index (κ2) is 9.29. The predicted molar refractivity (Wildman–Crippen MR) is 118 cm³/mol. The van der Waals surface area contributed by atoms with E-state index in [9.17, 15) is 14.4 Å². The van der Waals surface area contributed by atoms with Crippen molar-refractivity contribution in [1.29, 1.82) is 0 Å². The van der Waals surface area contributed by atoms with Crippen LogP contribution in [-0.4, -0.2) is 72.0 Å². The van der Waals surface area contributed by atoms with Crippen molar-refractivity contribution >= 4 is 17.7 Å². The standard InChI is InChI=1S/C24H32N4O4/c29-21-5-4-20(23(30)26-21)28-15-17-3-1-2-16(22(17)24(28)31)14-27(18-6-10-25-11-7-18)19-8-12-32-13-9-19/h1-3,18-20,25H,4-15H2,(H,26,29,30). The fourth-order valence-corrected chi connectivity index (χ4v) is 5.73. The summed E-state index contributed by atoms with van der Waals surface area (Å²) in [6.07, 6.45) is 4.94. The molecule has 0 saturated carbocycles. The van der Waals surface area contributed by atoms with Crippen molar-refractivity contribution in [2.45, 2.75) is 69.7 Å². The number of benzene rings is 1. The van der Waals surface area contributed by atoms with Crippen molar-refractivity contribution in [2.75, 3.05) is 26.3 Å². The van der Waals surface area contributed by atoms with Crippen molar-refractivity contribution in [2.24, 2.45) is 0 Å². The van der Waals surface area contributed by atoms with E-state index in [1.165, 1.54) is 0 Å². The van der Waals surface area contributed by atoms with Gasteiger partial charge in [0.1, 0.15) is 6.04 Å². The van der Waals surface area contributed by atoms with E-state index in [2.05, 4.69) is 21.6 Å². The van der Waals surface area contributed by atoms with Crippen LogP contribution in [0, 0.1) is 0 Å². The van der Waals surface area contributed by atoms with Crippen molar-refractivity contribution in [3.05, 3.63) is 34.9 Å². The summed E-state index contributed by atoms with van der Waals surface area (Å²) in [4.78, 5) is 41.7. The number of imide groups is 1.